The van der Waals surface area contributed by atoms with E-state index in [0.717, 1.165) is 28.6 Å². The van der Waals surface area contributed by atoms with Gasteiger partial charge in [0.05, 0.1) is 16.8 Å². The molecule has 0 N–H and O–H groups in total. The minimum Gasteiger partial charge on any atom is -0.455 e. The van der Waals surface area contributed by atoms with Crippen molar-refractivity contribution in [2.45, 2.75) is 43.9 Å². The van der Waals surface area contributed by atoms with Crippen molar-refractivity contribution in [3.63, 3.8) is 0 Å². The summed E-state index contributed by atoms with van der Waals surface area (Å²) in [5.74, 6) is 1.80. The molecule has 11 rings (SSSR count). The van der Waals surface area contributed by atoms with Crippen LogP contribution in [0.3, 0.4) is 0 Å². The summed E-state index contributed by atoms with van der Waals surface area (Å²) in [7, 11) is 0. The largest absolute Gasteiger partial charge is 0.455 e. The van der Waals surface area contributed by atoms with Crippen molar-refractivity contribution in [3.8, 4) is 33.8 Å². The molecule has 274 valence electrons. The van der Waals surface area contributed by atoms with Gasteiger partial charge in [0.25, 0.3) is 0 Å². The smallest absolute Gasteiger partial charge is 0.155 e. The van der Waals surface area contributed by atoms with Crippen LogP contribution in [-0.2, 0) is 16.2 Å². The second kappa shape index (κ2) is 12.2. The molecule has 57 heavy (non-hydrogen) atoms. The number of benzene rings is 8. The summed E-state index contributed by atoms with van der Waals surface area (Å²) in [5, 5.41) is 0. The van der Waals surface area contributed by atoms with Gasteiger partial charge < -0.3 is 9.64 Å². The zero-order valence-electron chi connectivity index (χ0n) is 32.8. The van der Waals surface area contributed by atoms with E-state index in [1.54, 1.807) is 0 Å². The Hall–Kier alpha value is -6.64. The van der Waals surface area contributed by atoms with Crippen molar-refractivity contribution >= 4 is 17.1 Å². The van der Waals surface area contributed by atoms with E-state index in [1.165, 1.54) is 66.8 Å². The molecule has 0 unspecified atom stereocenters. The standard InChI is InChI=1S/C55H43NO/c1-53(2)42-26-11-10-25-41(42)51-46(53)30-17-32-48(51)56(49-33-18-31-47-52(49)57-50-34-15-14-29-45(50)54(47,3)4)38-22-16-21-37(35-38)55(36-19-6-5-7-20-36)43-27-12-8-23-39(43)40-24-9-13-28-44(40)55/h5-35H,1-4H3. The SMILES string of the molecule is CC1(C)c2ccccc2Oc2c(N(c3cccc(C4(c5ccccc5)c5ccccc5-c5ccccc54)c3)c3cccc4c3-c3ccccc3C4(C)C)cccc21. The maximum Gasteiger partial charge on any atom is 0.155 e. The molecule has 0 atom stereocenters. The first kappa shape index (κ1) is 33.7. The minimum absolute atomic E-state index is 0.155. The molecule has 3 aliphatic rings. The van der Waals surface area contributed by atoms with Crippen molar-refractivity contribution in [2.24, 2.45) is 0 Å². The lowest BCUT2D eigenvalue weighted by Crippen LogP contribution is -2.29. The first-order valence-electron chi connectivity index (χ1n) is 20.1. The highest BCUT2D eigenvalue weighted by molar-refractivity contribution is 5.97. The molecule has 8 aromatic rings. The Kier molecular flexibility index (Phi) is 7.20. The average molecular weight is 734 g/mol. The highest BCUT2D eigenvalue weighted by Gasteiger charge is 2.46. The number of anilines is 3. The summed E-state index contributed by atoms with van der Waals surface area (Å²) in [6, 6.07) is 69.4. The van der Waals surface area contributed by atoms with Crippen LogP contribution < -0.4 is 9.64 Å². The molecule has 2 aliphatic carbocycles. The fourth-order valence-electron chi connectivity index (χ4n) is 10.5. The third-order valence-electron chi connectivity index (χ3n) is 13.2. The monoisotopic (exact) mass is 733 g/mol. The second-order valence-electron chi connectivity index (χ2n) is 16.8. The van der Waals surface area contributed by atoms with Crippen molar-refractivity contribution in [3.05, 3.63) is 233 Å². The van der Waals surface area contributed by atoms with Gasteiger partial charge in [-0.05, 0) is 80.4 Å². The molecular weight excluding hydrogens is 691 g/mol. The molecule has 0 saturated heterocycles. The van der Waals surface area contributed by atoms with Crippen molar-refractivity contribution < 1.29 is 4.74 Å². The first-order chi connectivity index (χ1) is 27.8. The van der Waals surface area contributed by atoms with Gasteiger partial charge in [-0.3, -0.25) is 0 Å². The lowest BCUT2D eigenvalue weighted by atomic mass is 9.67. The van der Waals surface area contributed by atoms with E-state index in [-0.39, 0.29) is 10.8 Å². The van der Waals surface area contributed by atoms with E-state index in [4.69, 9.17) is 4.74 Å². The number of hydrogen-bond donors (Lipinski definition) is 0. The molecule has 0 radical (unpaired) electrons. The van der Waals surface area contributed by atoms with E-state index in [0.29, 0.717) is 0 Å². The average Bonchev–Trinajstić information content (AvgIpc) is 3.68. The van der Waals surface area contributed by atoms with Crippen LogP contribution >= 0.6 is 0 Å². The van der Waals surface area contributed by atoms with E-state index in [1.807, 2.05) is 0 Å². The van der Waals surface area contributed by atoms with Gasteiger partial charge in [0.2, 0.25) is 0 Å². The van der Waals surface area contributed by atoms with E-state index < -0.39 is 5.41 Å². The first-order valence-corrected chi connectivity index (χ1v) is 20.1. The molecule has 0 aromatic heterocycles. The van der Waals surface area contributed by atoms with E-state index in [2.05, 4.69) is 221 Å². The Morgan fingerprint density at radius 3 is 1.61 bits per heavy atom. The fraction of sp³-hybridized carbons (Fsp3) is 0.127. The van der Waals surface area contributed by atoms with Crippen LogP contribution in [0.15, 0.2) is 188 Å². The van der Waals surface area contributed by atoms with Crippen molar-refractivity contribution in [1.82, 2.24) is 0 Å². The summed E-state index contributed by atoms with van der Waals surface area (Å²) >= 11 is 0. The van der Waals surface area contributed by atoms with Crippen LogP contribution in [0.25, 0.3) is 22.3 Å². The highest BCUT2D eigenvalue weighted by atomic mass is 16.5. The summed E-state index contributed by atoms with van der Waals surface area (Å²) in [6.45, 7) is 9.36. The fourth-order valence-corrected chi connectivity index (χ4v) is 10.5. The zero-order chi connectivity index (χ0) is 38.5. The Labute approximate surface area is 335 Å². The summed E-state index contributed by atoms with van der Waals surface area (Å²) in [4.78, 5) is 2.48. The van der Waals surface area contributed by atoms with E-state index >= 15 is 0 Å². The highest BCUT2D eigenvalue weighted by Crippen LogP contribution is 2.60. The van der Waals surface area contributed by atoms with Crippen LogP contribution in [0.2, 0.25) is 0 Å². The molecule has 2 heteroatoms. The van der Waals surface area contributed by atoms with Crippen molar-refractivity contribution in [1.29, 1.82) is 0 Å². The normalized spacial score (nSPS) is 15.6. The summed E-state index contributed by atoms with van der Waals surface area (Å²) in [5.41, 5.74) is 17.5. The van der Waals surface area contributed by atoms with Gasteiger partial charge in [0.15, 0.2) is 5.75 Å². The molecule has 0 fully saturated rings. The quantitative estimate of drug-likeness (QED) is 0.175. The molecule has 0 spiro atoms. The molecule has 8 aromatic carbocycles. The Bertz CT molecular complexity index is 2850. The molecule has 0 amide bonds. The van der Waals surface area contributed by atoms with Gasteiger partial charge in [-0.15, -0.1) is 0 Å². The second-order valence-corrected chi connectivity index (χ2v) is 16.8. The van der Waals surface area contributed by atoms with Crippen LogP contribution in [0.4, 0.5) is 17.1 Å². The summed E-state index contributed by atoms with van der Waals surface area (Å²) < 4.78 is 7.07. The molecule has 0 saturated carbocycles. The topological polar surface area (TPSA) is 12.5 Å². The number of hydrogen-bond acceptors (Lipinski definition) is 2. The number of ether oxygens (including phenoxy) is 1. The summed E-state index contributed by atoms with van der Waals surface area (Å²) in [6.07, 6.45) is 0. The van der Waals surface area contributed by atoms with E-state index in [9.17, 15) is 0 Å². The Balaban J connectivity index is 1.22. The molecule has 0 bridgehead atoms. The van der Waals surface area contributed by atoms with Crippen LogP contribution in [0.5, 0.6) is 11.5 Å². The predicted octanol–water partition coefficient (Wildman–Crippen LogP) is 14.3. The lowest BCUT2D eigenvalue weighted by Gasteiger charge is -2.38. The maximum atomic E-state index is 7.07. The van der Waals surface area contributed by atoms with Gasteiger partial charge in [-0.2, -0.15) is 0 Å². The number of para-hydroxylation sites is 2. The third-order valence-corrected chi connectivity index (χ3v) is 13.2. The Morgan fingerprint density at radius 1 is 0.386 bits per heavy atom. The number of nitrogens with zero attached hydrogens (tertiary/aromatic N) is 1. The molecule has 2 nitrogen and oxygen atoms in total. The zero-order valence-corrected chi connectivity index (χ0v) is 32.8. The lowest BCUT2D eigenvalue weighted by molar-refractivity contribution is 0.419. The van der Waals surface area contributed by atoms with Gasteiger partial charge >= 0.3 is 0 Å². The maximum absolute atomic E-state index is 7.07. The third kappa shape index (κ3) is 4.59. The number of rotatable bonds is 5. The minimum atomic E-state index is -0.531. The molecule has 1 aliphatic heterocycles. The Morgan fingerprint density at radius 2 is 0.895 bits per heavy atom. The van der Waals surface area contributed by atoms with Gasteiger partial charge in [0, 0.05) is 33.2 Å². The molecular formula is C55H43NO. The number of fused-ring (bicyclic) bond motifs is 8. The van der Waals surface area contributed by atoms with Gasteiger partial charge in [0.1, 0.15) is 5.75 Å². The van der Waals surface area contributed by atoms with Crippen LogP contribution in [0, 0.1) is 0 Å². The van der Waals surface area contributed by atoms with Crippen LogP contribution in [-0.4, -0.2) is 0 Å². The van der Waals surface area contributed by atoms with Gasteiger partial charge in [-0.1, -0.05) is 185 Å². The molecule has 1 heterocycles. The predicted molar refractivity (Wildman–Crippen MR) is 235 cm³/mol. The van der Waals surface area contributed by atoms with Crippen molar-refractivity contribution in [2.75, 3.05) is 4.90 Å². The van der Waals surface area contributed by atoms with Crippen LogP contribution in [0.1, 0.15) is 72.2 Å². The van der Waals surface area contributed by atoms with Gasteiger partial charge in [-0.25, -0.2) is 0 Å².